The van der Waals surface area contributed by atoms with Crippen LogP contribution in [0.25, 0.3) is 0 Å². The largest absolute Gasteiger partial charge is 0.493 e. The highest BCUT2D eigenvalue weighted by Gasteiger charge is 2.12. The van der Waals surface area contributed by atoms with E-state index in [2.05, 4.69) is 5.32 Å². The van der Waals surface area contributed by atoms with E-state index < -0.39 is 0 Å². The zero-order chi connectivity index (χ0) is 19.8. The molecule has 6 nitrogen and oxygen atoms in total. The number of carbonyl (C=O) groups excluding carboxylic acids is 1. The molecule has 0 saturated heterocycles. The van der Waals surface area contributed by atoms with Crippen molar-refractivity contribution in [1.29, 1.82) is 0 Å². The van der Waals surface area contributed by atoms with Crippen LogP contribution in [0.4, 0.5) is 5.69 Å². The molecule has 0 atom stereocenters. The average molecular weight is 384 g/mol. The van der Waals surface area contributed by atoms with Gasteiger partial charge < -0.3 is 19.5 Å². The summed E-state index contributed by atoms with van der Waals surface area (Å²) in [5.74, 6) is 2.26. The van der Waals surface area contributed by atoms with Crippen molar-refractivity contribution >= 4 is 11.6 Å². The lowest BCUT2D eigenvalue weighted by Gasteiger charge is -2.17. The number of nitrogens with one attached hydrogen (secondary N) is 1. The molecule has 0 radical (unpaired) electrons. The summed E-state index contributed by atoms with van der Waals surface area (Å²) < 4.78 is 17.1. The van der Waals surface area contributed by atoms with Crippen LogP contribution >= 0.6 is 0 Å². The van der Waals surface area contributed by atoms with Crippen molar-refractivity contribution in [3.8, 4) is 17.2 Å². The van der Waals surface area contributed by atoms with Gasteiger partial charge in [-0.2, -0.15) is 0 Å². The van der Waals surface area contributed by atoms with Gasteiger partial charge in [0.05, 0.1) is 26.4 Å². The lowest BCUT2D eigenvalue weighted by atomic mass is 10.2. The van der Waals surface area contributed by atoms with E-state index in [4.69, 9.17) is 14.2 Å². The second kappa shape index (κ2) is 9.99. The van der Waals surface area contributed by atoms with Gasteiger partial charge in [0.1, 0.15) is 5.75 Å². The molecule has 1 amide bonds. The third-order valence-electron chi connectivity index (χ3n) is 4.48. The second-order valence-electron chi connectivity index (χ2n) is 6.97. The highest BCUT2D eigenvalue weighted by atomic mass is 16.5. The molecule has 1 aliphatic rings. The fourth-order valence-electron chi connectivity index (χ4n) is 3.00. The van der Waals surface area contributed by atoms with Gasteiger partial charge in [-0.25, -0.2) is 0 Å². The molecule has 0 unspecified atom stereocenters. The minimum absolute atomic E-state index is 0.0585. The van der Waals surface area contributed by atoms with Crippen LogP contribution in [0, 0.1) is 6.92 Å². The van der Waals surface area contributed by atoms with Crippen molar-refractivity contribution in [3.63, 3.8) is 0 Å². The summed E-state index contributed by atoms with van der Waals surface area (Å²) in [4.78, 5) is 14.3. The Bertz CT molecular complexity index is 794. The lowest BCUT2D eigenvalue weighted by molar-refractivity contribution is -0.117. The summed E-state index contributed by atoms with van der Waals surface area (Å²) >= 11 is 0. The summed E-state index contributed by atoms with van der Waals surface area (Å²) in [5, 5.41) is 2.92. The van der Waals surface area contributed by atoms with Crippen molar-refractivity contribution in [2.75, 3.05) is 45.3 Å². The second-order valence-corrected chi connectivity index (χ2v) is 6.97. The van der Waals surface area contributed by atoms with Crippen LogP contribution in [0.3, 0.4) is 0 Å². The Morgan fingerprint density at radius 2 is 1.93 bits per heavy atom. The zero-order valence-electron chi connectivity index (χ0n) is 16.6. The summed E-state index contributed by atoms with van der Waals surface area (Å²) in [6.45, 7) is 5.03. The van der Waals surface area contributed by atoms with Gasteiger partial charge in [0.15, 0.2) is 11.5 Å². The number of likely N-dealkylation sites (N-methyl/N-ethyl adjacent to an activating group) is 1. The van der Waals surface area contributed by atoms with E-state index in [1.807, 2.05) is 61.3 Å². The molecule has 1 N–H and O–H groups in total. The Morgan fingerprint density at radius 1 is 1.14 bits per heavy atom. The van der Waals surface area contributed by atoms with Gasteiger partial charge >= 0.3 is 0 Å². The lowest BCUT2D eigenvalue weighted by Crippen LogP contribution is -2.31. The van der Waals surface area contributed by atoms with Crippen molar-refractivity contribution in [1.82, 2.24) is 4.90 Å². The number of benzene rings is 2. The molecule has 0 aromatic heterocycles. The van der Waals surface area contributed by atoms with E-state index >= 15 is 0 Å². The third-order valence-corrected chi connectivity index (χ3v) is 4.48. The topological polar surface area (TPSA) is 60.0 Å². The summed E-state index contributed by atoms with van der Waals surface area (Å²) in [6, 6.07) is 13.5. The summed E-state index contributed by atoms with van der Waals surface area (Å²) in [6.07, 6.45) is 1.71. The number of aryl methyl sites for hydroxylation is 1. The van der Waals surface area contributed by atoms with E-state index in [0.717, 1.165) is 36.4 Å². The molecule has 28 heavy (non-hydrogen) atoms. The number of nitrogens with zero attached hydrogens (tertiary/aromatic N) is 1. The summed E-state index contributed by atoms with van der Waals surface area (Å²) in [5.41, 5.74) is 1.84. The van der Waals surface area contributed by atoms with Crippen LogP contribution in [0.2, 0.25) is 0 Å². The fourth-order valence-corrected chi connectivity index (χ4v) is 3.00. The van der Waals surface area contributed by atoms with Crippen LogP contribution in [0.5, 0.6) is 17.2 Å². The molecule has 3 rings (SSSR count). The molecule has 0 aliphatic carbocycles. The monoisotopic (exact) mass is 384 g/mol. The van der Waals surface area contributed by atoms with Crippen LogP contribution in [0.1, 0.15) is 18.4 Å². The van der Waals surface area contributed by atoms with Gasteiger partial charge in [0.2, 0.25) is 5.91 Å². The number of amides is 1. The average Bonchev–Trinajstić information content (AvgIpc) is 2.91. The molecular formula is C22H28N2O4. The van der Waals surface area contributed by atoms with Crippen molar-refractivity contribution in [2.45, 2.75) is 19.8 Å². The quantitative estimate of drug-likeness (QED) is 0.706. The van der Waals surface area contributed by atoms with Gasteiger partial charge in [0, 0.05) is 24.7 Å². The van der Waals surface area contributed by atoms with Crippen molar-refractivity contribution in [2.24, 2.45) is 0 Å². The van der Waals surface area contributed by atoms with E-state index in [-0.39, 0.29) is 5.91 Å². The molecule has 0 bridgehead atoms. The van der Waals surface area contributed by atoms with Crippen LogP contribution < -0.4 is 19.5 Å². The molecular weight excluding hydrogens is 356 g/mol. The first-order valence-corrected chi connectivity index (χ1v) is 9.68. The van der Waals surface area contributed by atoms with E-state index in [0.29, 0.717) is 37.8 Å². The Labute approximate surface area is 166 Å². The normalized spacial score (nSPS) is 13.1. The number of ether oxygens (including phenoxy) is 3. The van der Waals surface area contributed by atoms with Gasteiger partial charge in [-0.05, 0) is 44.2 Å². The number of hydrogen-bond acceptors (Lipinski definition) is 5. The maximum atomic E-state index is 12.3. The SMILES string of the molecule is Cc1ccccc1OCCCN(C)CC(=O)Nc1ccc2c(c1)OCCCO2. The smallest absolute Gasteiger partial charge is 0.238 e. The highest BCUT2D eigenvalue weighted by molar-refractivity contribution is 5.92. The Hall–Kier alpha value is -2.73. The first kappa shape index (κ1) is 20.0. The van der Waals surface area contributed by atoms with Gasteiger partial charge in [-0.15, -0.1) is 0 Å². The number of rotatable bonds is 8. The molecule has 6 heteroatoms. The molecule has 0 saturated carbocycles. The number of para-hydroxylation sites is 1. The number of hydrogen-bond donors (Lipinski definition) is 1. The molecule has 0 fully saturated rings. The standard InChI is InChI=1S/C22H28N2O4/c1-17-7-3-4-8-19(17)26-12-5-11-24(2)16-22(25)23-18-9-10-20-21(15-18)28-14-6-13-27-20/h3-4,7-10,15H,5-6,11-14,16H2,1-2H3,(H,23,25). The minimum atomic E-state index is -0.0585. The molecule has 150 valence electrons. The number of fused-ring (bicyclic) bond motifs is 1. The maximum absolute atomic E-state index is 12.3. The molecule has 1 aliphatic heterocycles. The van der Waals surface area contributed by atoms with E-state index in [1.54, 1.807) is 0 Å². The predicted molar refractivity (Wildman–Crippen MR) is 109 cm³/mol. The number of carbonyl (C=O) groups is 1. The van der Waals surface area contributed by atoms with Crippen LogP contribution in [-0.2, 0) is 4.79 Å². The molecule has 2 aromatic rings. The van der Waals surface area contributed by atoms with Crippen molar-refractivity contribution in [3.05, 3.63) is 48.0 Å². The predicted octanol–water partition coefficient (Wildman–Crippen LogP) is 3.50. The first-order chi connectivity index (χ1) is 13.6. The van der Waals surface area contributed by atoms with E-state index in [1.165, 1.54) is 0 Å². The Morgan fingerprint density at radius 3 is 2.75 bits per heavy atom. The van der Waals surface area contributed by atoms with Crippen molar-refractivity contribution < 1.29 is 19.0 Å². The van der Waals surface area contributed by atoms with E-state index in [9.17, 15) is 4.79 Å². The third kappa shape index (κ3) is 5.89. The van der Waals surface area contributed by atoms with Gasteiger partial charge in [-0.3, -0.25) is 9.69 Å². The molecule has 1 heterocycles. The molecule has 0 spiro atoms. The number of anilines is 1. The van der Waals surface area contributed by atoms with Crippen LogP contribution in [-0.4, -0.2) is 50.8 Å². The maximum Gasteiger partial charge on any atom is 0.238 e. The summed E-state index contributed by atoms with van der Waals surface area (Å²) in [7, 11) is 1.93. The Kier molecular flexibility index (Phi) is 7.14. The van der Waals surface area contributed by atoms with Crippen LogP contribution in [0.15, 0.2) is 42.5 Å². The zero-order valence-corrected chi connectivity index (χ0v) is 16.6. The fraction of sp³-hybridized carbons (Fsp3) is 0.409. The first-order valence-electron chi connectivity index (χ1n) is 9.68. The molecule has 2 aromatic carbocycles. The Balaban J connectivity index is 1.39. The van der Waals surface area contributed by atoms with Gasteiger partial charge in [-0.1, -0.05) is 18.2 Å². The van der Waals surface area contributed by atoms with Gasteiger partial charge in [0.25, 0.3) is 0 Å². The minimum Gasteiger partial charge on any atom is -0.493 e. The highest BCUT2D eigenvalue weighted by Crippen LogP contribution is 2.32.